The van der Waals surface area contributed by atoms with E-state index in [1.165, 1.54) is 6.08 Å². The Morgan fingerprint density at radius 2 is 1.68 bits per heavy atom. The van der Waals surface area contributed by atoms with Crippen LogP contribution in [0.4, 0.5) is 0 Å². The lowest BCUT2D eigenvalue weighted by Gasteiger charge is -2.07. The van der Waals surface area contributed by atoms with Crippen molar-refractivity contribution in [1.29, 1.82) is 5.26 Å². The van der Waals surface area contributed by atoms with E-state index in [9.17, 15) is 14.9 Å². The highest BCUT2D eigenvalue weighted by Crippen LogP contribution is 2.13. The minimum Gasteiger partial charge on any atom is -0.453 e. The molecule has 0 bridgehead atoms. The summed E-state index contributed by atoms with van der Waals surface area (Å²) in [5, 5.41) is 9.17. The number of benzene rings is 2. The Bertz CT molecular complexity index is 871. The van der Waals surface area contributed by atoms with Crippen LogP contribution in [0, 0.1) is 32.1 Å². The molecular weight excluding hydrogens is 314 g/mol. The lowest BCUT2D eigenvalue weighted by molar-refractivity contribution is -0.137. The van der Waals surface area contributed by atoms with E-state index < -0.39 is 12.6 Å². The van der Waals surface area contributed by atoms with Crippen LogP contribution in [0.1, 0.15) is 32.6 Å². The number of hydrogen-bond donors (Lipinski definition) is 0. The number of ether oxygens (including phenoxy) is 1. The van der Waals surface area contributed by atoms with E-state index in [2.05, 4.69) is 0 Å². The fourth-order valence-electron chi connectivity index (χ4n) is 2.29. The minimum absolute atomic E-state index is 0.141. The standard InChI is InChI=1S/C21H19NO3/c1-14-5-8-17(9-6-14)11-18(12-22)21(24)25-13-20(23)19-10-15(2)4-7-16(19)3/h4-11H,13H2,1-3H3/b18-11+. The normalized spacial score (nSPS) is 10.9. The van der Waals surface area contributed by atoms with E-state index in [4.69, 9.17) is 4.74 Å². The lowest BCUT2D eigenvalue weighted by Crippen LogP contribution is -2.16. The van der Waals surface area contributed by atoms with Crippen LogP contribution in [-0.4, -0.2) is 18.4 Å². The zero-order chi connectivity index (χ0) is 18.4. The van der Waals surface area contributed by atoms with Crippen molar-refractivity contribution < 1.29 is 14.3 Å². The smallest absolute Gasteiger partial charge is 0.349 e. The summed E-state index contributed by atoms with van der Waals surface area (Å²) in [4.78, 5) is 24.3. The highest BCUT2D eigenvalue weighted by Gasteiger charge is 2.15. The van der Waals surface area contributed by atoms with Gasteiger partial charge in [0.25, 0.3) is 0 Å². The van der Waals surface area contributed by atoms with E-state index in [1.807, 2.05) is 51.1 Å². The Morgan fingerprint density at radius 1 is 1.04 bits per heavy atom. The molecule has 0 amide bonds. The first-order valence-electron chi connectivity index (χ1n) is 7.86. The SMILES string of the molecule is Cc1ccc(/C=C(\C#N)C(=O)OCC(=O)c2cc(C)ccc2C)cc1. The molecule has 0 fully saturated rings. The van der Waals surface area contributed by atoms with E-state index in [-0.39, 0.29) is 11.4 Å². The molecule has 2 aromatic rings. The maximum atomic E-state index is 12.2. The number of Topliss-reactive ketones (excluding diaryl/α,β-unsaturated/α-hetero) is 1. The van der Waals surface area contributed by atoms with Crippen molar-refractivity contribution >= 4 is 17.8 Å². The molecule has 0 aromatic heterocycles. The molecule has 2 aromatic carbocycles. The minimum atomic E-state index is -0.804. The lowest BCUT2D eigenvalue weighted by atomic mass is 10.0. The first kappa shape index (κ1) is 18.2. The molecular formula is C21H19NO3. The van der Waals surface area contributed by atoms with Gasteiger partial charge in [-0.15, -0.1) is 0 Å². The van der Waals surface area contributed by atoms with Crippen molar-refractivity contribution in [2.24, 2.45) is 0 Å². The van der Waals surface area contributed by atoms with Crippen molar-refractivity contribution in [3.8, 4) is 6.07 Å². The maximum Gasteiger partial charge on any atom is 0.349 e. The molecule has 0 aliphatic carbocycles. The van der Waals surface area contributed by atoms with Crippen LogP contribution in [0.5, 0.6) is 0 Å². The molecule has 0 heterocycles. The van der Waals surface area contributed by atoms with Gasteiger partial charge in [-0.3, -0.25) is 4.79 Å². The molecule has 0 atom stereocenters. The molecule has 4 nitrogen and oxygen atoms in total. The average molecular weight is 333 g/mol. The Balaban J connectivity index is 2.07. The van der Waals surface area contributed by atoms with Gasteiger partial charge < -0.3 is 4.74 Å². The number of nitriles is 1. The van der Waals surface area contributed by atoms with Crippen LogP contribution < -0.4 is 0 Å². The summed E-state index contributed by atoms with van der Waals surface area (Å²) in [5.74, 6) is -1.09. The second-order valence-electron chi connectivity index (χ2n) is 5.90. The van der Waals surface area contributed by atoms with Crippen LogP contribution in [0.25, 0.3) is 6.08 Å². The zero-order valence-electron chi connectivity index (χ0n) is 14.5. The summed E-state index contributed by atoms with van der Waals surface area (Å²) in [6, 6.07) is 14.7. The van der Waals surface area contributed by atoms with Crippen LogP contribution in [0.15, 0.2) is 48.0 Å². The molecule has 0 aliphatic heterocycles. The van der Waals surface area contributed by atoms with Gasteiger partial charge in [0.2, 0.25) is 5.78 Å². The summed E-state index contributed by atoms with van der Waals surface area (Å²) in [6.45, 7) is 5.27. The number of rotatable bonds is 5. The van der Waals surface area contributed by atoms with Gasteiger partial charge in [-0.05, 0) is 44.0 Å². The summed E-state index contributed by atoms with van der Waals surface area (Å²) in [5.41, 5.74) is 3.96. The van der Waals surface area contributed by atoms with Crippen LogP contribution in [-0.2, 0) is 9.53 Å². The van der Waals surface area contributed by atoms with Crippen LogP contribution in [0.2, 0.25) is 0 Å². The highest BCUT2D eigenvalue weighted by atomic mass is 16.5. The topological polar surface area (TPSA) is 67.2 Å². The van der Waals surface area contributed by atoms with Gasteiger partial charge in [0.15, 0.2) is 6.61 Å². The van der Waals surface area contributed by atoms with Crippen molar-refractivity contribution in [2.45, 2.75) is 20.8 Å². The number of nitrogens with zero attached hydrogens (tertiary/aromatic N) is 1. The van der Waals surface area contributed by atoms with E-state index >= 15 is 0 Å². The predicted molar refractivity (Wildman–Crippen MR) is 96.0 cm³/mol. The van der Waals surface area contributed by atoms with E-state index in [0.29, 0.717) is 5.56 Å². The van der Waals surface area contributed by atoms with Crippen molar-refractivity contribution in [1.82, 2.24) is 0 Å². The third-order valence-electron chi connectivity index (χ3n) is 3.76. The second-order valence-corrected chi connectivity index (χ2v) is 5.90. The summed E-state index contributed by atoms with van der Waals surface area (Å²) < 4.78 is 5.02. The molecule has 0 saturated carbocycles. The molecule has 25 heavy (non-hydrogen) atoms. The fourth-order valence-corrected chi connectivity index (χ4v) is 2.29. The number of aryl methyl sites for hydroxylation is 3. The Kier molecular flexibility index (Phi) is 5.86. The Morgan fingerprint density at radius 3 is 2.32 bits per heavy atom. The number of hydrogen-bond acceptors (Lipinski definition) is 4. The largest absolute Gasteiger partial charge is 0.453 e. The molecule has 0 unspecified atom stereocenters. The third-order valence-corrected chi connectivity index (χ3v) is 3.76. The highest BCUT2D eigenvalue weighted by molar-refractivity contribution is 6.02. The predicted octanol–water partition coefficient (Wildman–Crippen LogP) is 3.94. The van der Waals surface area contributed by atoms with E-state index in [1.54, 1.807) is 18.2 Å². The van der Waals surface area contributed by atoms with Gasteiger partial charge in [0, 0.05) is 5.56 Å². The molecule has 2 rings (SSSR count). The fraction of sp³-hybridized carbons (Fsp3) is 0.190. The Hall–Kier alpha value is -3.19. The molecule has 4 heteroatoms. The van der Waals surface area contributed by atoms with Crippen molar-refractivity contribution in [3.05, 3.63) is 75.9 Å². The summed E-state index contributed by atoms with van der Waals surface area (Å²) in [7, 11) is 0. The average Bonchev–Trinajstić information content (AvgIpc) is 2.61. The summed E-state index contributed by atoms with van der Waals surface area (Å²) in [6.07, 6.45) is 1.45. The second kappa shape index (κ2) is 8.07. The quantitative estimate of drug-likeness (QED) is 0.360. The molecule has 126 valence electrons. The van der Waals surface area contributed by atoms with Gasteiger partial charge in [0.1, 0.15) is 11.6 Å². The first-order valence-corrected chi connectivity index (χ1v) is 7.86. The third kappa shape index (κ3) is 4.89. The zero-order valence-corrected chi connectivity index (χ0v) is 14.5. The number of carbonyl (C=O) groups is 2. The molecule has 0 aliphatic rings. The molecule has 0 radical (unpaired) electrons. The van der Waals surface area contributed by atoms with Gasteiger partial charge in [-0.1, -0.05) is 47.5 Å². The van der Waals surface area contributed by atoms with Crippen LogP contribution >= 0.6 is 0 Å². The van der Waals surface area contributed by atoms with Gasteiger partial charge >= 0.3 is 5.97 Å². The Labute approximate surface area is 147 Å². The van der Waals surface area contributed by atoms with Gasteiger partial charge in [-0.25, -0.2) is 4.79 Å². The molecule has 0 saturated heterocycles. The molecule has 0 N–H and O–H groups in total. The van der Waals surface area contributed by atoms with Gasteiger partial charge in [0.05, 0.1) is 0 Å². The van der Waals surface area contributed by atoms with Gasteiger partial charge in [-0.2, -0.15) is 5.26 Å². The summed E-state index contributed by atoms with van der Waals surface area (Å²) >= 11 is 0. The number of esters is 1. The maximum absolute atomic E-state index is 12.2. The number of ketones is 1. The number of carbonyl (C=O) groups excluding carboxylic acids is 2. The molecule has 0 spiro atoms. The van der Waals surface area contributed by atoms with Crippen molar-refractivity contribution in [2.75, 3.05) is 6.61 Å². The van der Waals surface area contributed by atoms with Crippen molar-refractivity contribution in [3.63, 3.8) is 0 Å². The monoisotopic (exact) mass is 333 g/mol. The first-order chi connectivity index (χ1) is 11.9. The van der Waals surface area contributed by atoms with E-state index in [0.717, 1.165) is 22.3 Å². The van der Waals surface area contributed by atoms with Crippen LogP contribution in [0.3, 0.4) is 0 Å².